The van der Waals surface area contributed by atoms with E-state index in [1.807, 2.05) is 31.2 Å². The fraction of sp³-hybridized carbons (Fsp3) is 0.316. The molecule has 0 radical (unpaired) electrons. The van der Waals surface area contributed by atoms with Crippen LogP contribution < -0.4 is 5.32 Å². The molecule has 1 aliphatic rings. The van der Waals surface area contributed by atoms with Crippen molar-refractivity contribution >= 4 is 17.3 Å². The lowest BCUT2D eigenvalue weighted by Gasteiger charge is -2.19. The number of carbonyl (C=O) groups excluding carboxylic acids is 1. The number of nitrogens with zero attached hydrogens (tertiary/aromatic N) is 2. The van der Waals surface area contributed by atoms with Gasteiger partial charge in [0.25, 0.3) is 11.6 Å². The molecular weight excluding hydrogens is 318 g/mol. The van der Waals surface area contributed by atoms with Gasteiger partial charge in [0, 0.05) is 31.3 Å². The van der Waals surface area contributed by atoms with Crippen molar-refractivity contribution < 1.29 is 9.72 Å². The Balaban J connectivity index is 1.80. The Kier molecular flexibility index (Phi) is 4.70. The van der Waals surface area contributed by atoms with E-state index in [0.717, 1.165) is 24.0 Å². The molecule has 2 aromatic rings. The summed E-state index contributed by atoms with van der Waals surface area (Å²) in [6.45, 7) is 2.46. The fourth-order valence-electron chi connectivity index (χ4n) is 2.72. The lowest BCUT2D eigenvalue weighted by Crippen LogP contribution is -2.26. The van der Waals surface area contributed by atoms with Crippen LogP contribution in [0, 0.1) is 17.0 Å². The van der Waals surface area contributed by atoms with Crippen molar-refractivity contribution in [2.24, 2.45) is 0 Å². The van der Waals surface area contributed by atoms with Gasteiger partial charge < -0.3 is 10.2 Å². The molecule has 1 amide bonds. The minimum atomic E-state index is -0.442. The number of carbonyl (C=O) groups is 1. The van der Waals surface area contributed by atoms with E-state index in [1.165, 1.54) is 6.07 Å². The van der Waals surface area contributed by atoms with Crippen LogP contribution in [0.2, 0.25) is 0 Å². The molecule has 0 atom stereocenters. The smallest absolute Gasteiger partial charge is 0.293 e. The Bertz CT molecular complexity index is 815. The number of hydrogen-bond donors (Lipinski definition) is 1. The number of anilines is 1. The van der Waals surface area contributed by atoms with Crippen LogP contribution in [0.25, 0.3) is 0 Å². The summed E-state index contributed by atoms with van der Waals surface area (Å²) >= 11 is 0. The Hall–Kier alpha value is -2.89. The highest BCUT2D eigenvalue weighted by atomic mass is 16.6. The predicted molar refractivity (Wildman–Crippen MR) is 96.7 cm³/mol. The summed E-state index contributed by atoms with van der Waals surface area (Å²) in [7, 11) is 1.71. The average Bonchev–Trinajstić information content (AvgIpc) is 3.40. The van der Waals surface area contributed by atoms with Gasteiger partial charge in [0.2, 0.25) is 0 Å². The molecule has 1 fully saturated rings. The molecule has 0 aliphatic heterocycles. The minimum Gasteiger partial charge on any atom is -0.377 e. The number of nitrogens with one attached hydrogen (secondary N) is 1. The van der Waals surface area contributed by atoms with E-state index in [-0.39, 0.29) is 11.6 Å². The summed E-state index contributed by atoms with van der Waals surface area (Å²) in [6.07, 6.45) is 2.05. The molecule has 2 aromatic carbocycles. The first-order valence-electron chi connectivity index (χ1n) is 8.30. The van der Waals surface area contributed by atoms with Crippen LogP contribution in [0.1, 0.15) is 34.3 Å². The zero-order chi connectivity index (χ0) is 18.0. The van der Waals surface area contributed by atoms with Gasteiger partial charge in [-0.15, -0.1) is 0 Å². The lowest BCUT2D eigenvalue weighted by atomic mass is 10.1. The van der Waals surface area contributed by atoms with Gasteiger partial charge in [0.15, 0.2) is 0 Å². The van der Waals surface area contributed by atoms with Crippen molar-refractivity contribution in [2.45, 2.75) is 32.4 Å². The third kappa shape index (κ3) is 3.96. The first kappa shape index (κ1) is 17.0. The molecule has 1 aliphatic carbocycles. The number of aryl methyl sites for hydroxylation is 1. The average molecular weight is 339 g/mol. The second kappa shape index (κ2) is 6.93. The van der Waals surface area contributed by atoms with Crippen molar-refractivity contribution in [2.75, 3.05) is 12.4 Å². The van der Waals surface area contributed by atoms with E-state index in [1.54, 1.807) is 24.1 Å². The second-order valence-corrected chi connectivity index (χ2v) is 6.50. The summed E-state index contributed by atoms with van der Waals surface area (Å²) in [5.74, 6) is -0.232. The van der Waals surface area contributed by atoms with Crippen molar-refractivity contribution in [3.63, 3.8) is 0 Å². The molecule has 25 heavy (non-hydrogen) atoms. The van der Waals surface area contributed by atoms with Crippen LogP contribution in [0.4, 0.5) is 11.4 Å². The maximum absolute atomic E-state index is 12.7. The van der Waals surface area contributed by atoms with Gasteiger partial charge in [-0.3, -0.25) is 14.9 Å². The van der Waals surface area contributed by atoms with E-state index < -0.39 is 4.92 Å². The van der Waals surface area contributed by atoms with Crippen molar-refractivity contribution in [1.29, 1.82) is 0 Å². The molecule has 3 rings (SSSR count). The van der Waals surface area contributed by atoms with Crippen LogP contribution >= 0.6 is 0 Å². The quantitative estimate of drug-likeness (QED) is 0.642. The molecule has 0 bridgehead atoms. The zero-order valence-electron chi connectivity index (χ0n) is 14.4. The van der Waals surface area contributed by atoms with Gasteiger partial charge in [-0.1, -0.05) is 24.3 Å². The van der Waals surface area contributed by atoms with Gasteiger partial charge in [-0.25, -0.2) is 0 Å². The summed E-state index contributed by atoms with van der Waals surface area (Å²) in [6, 6.07) is 12.8. The zero-order valence-corrected chi connectivity index (χ0v) is 14.4. The standard InChI is InChI=1S/C19H21N3O3/c1-13-5-3-4-6-15(13)12-21(2)19(23)14-7-10-17(20-16-8-9-16)18(11-14)22(24)25/h3-7,10-11,16,20H,8-9,12H2,1-2H3. The maximum Gasteiger partial charge on any atom is 0.293 e. The maximum atomic E-state index is 12.7. The van der Waals surface area contributed by atoms with Crippen molar-refractivity contribution in [1.82, 2.24) is 4.90 Å². The molecule has 0 heterocycles. The van der Waals surface area contributed by atoms with Crippen LogP contribution in [-0.2, 0) is 6.54 Å². The summed E-state index contributed by atoms with van der Waals surface area (Å²) < 4.78 is 0. The topological polar surface area (TPSA) is 75.5 Å². The van der Waals surface area contributed by atoms with E-state index in [4.69, 9.17) is 0 Å². The molecule has 1 saturated carbocycles. The molecule has 130 valence electrons. The van der Waals surface area contributed by atoms with Gasteiger partial charge >= 0.3 is 0 Å². The normalized spacial score (nSPS) is 13.4. The summed E-state index contributed by atoms with van der Waals surface area (Å²) in [5.41, 5.74) is 2.91. The number of nitro benzene ring substituents is 1. The van der Waals surface area contributed by atoms with E-state index in [9.17, 15) is 14.9 Å². The SMILES string of the molecule is Cc1ccccc1CN(C)C(=O)c1ccc(NC2CC2)c([N+](=O)[O-])c1. The molecule has 0 aromatic heterocycles. The predicted octanol–water partition coefficient (Wildman–Crippen LogP) is 3.75. The number of hydrogen-bond acceptors (Lipinski definition) is 4. The fourth-order valence-corrected chi connectivity index (χ4v) is 2.72. The van der Waals surface area contributed by atoms with Crippen LogP contribution in [-0.4, -0.2) is 28.8 Å². The molecular formula is C19H21N3O3. The first-order chi connectivity index (χ1) is 12.0. The minimum absolute atomic E-state index is 0.0537. The highest BCUT2D eigenvalue weighted by Crippen LogP contribution is 2.31. The number of nitro groups is 1. The second-order valence-electron chi connectivity index (χ2n) is 6.50. The molecule has 1 N–H and O–H groups in total. The van der Waals surface area contributed by atoms with E-state index >= 15 is 0 Å². The van der Waals surface area contributed by atoms with Crippen LogP contribution in [0.15, 0.2) is 42.5 Å². The Morgan fingerprint density at radius 2 is 2.00 bits per heavy atom. The molecule has 0 saturated heterocycles. The van der Waals surface area contributed by atoms with Crippen LogP contribution in [0.5, 0.6) is 0 Å². The van der Waals surface area contributed by atoms with Crippen molar-refractivity contribution in [3.05, 3.63) is 69.3 Å². The van der Waals surface area contributed by atoms with E-state index in [2.05, 4.69) is 5.32 Å². The molecule has 0 unspecified atom stereocenters. The molecule has 0 spiro atoms. The van der Waals surface area contributed by atoms with Gasteiger partial charge in [-0.05, 0) is 43.0 Å². The molecule has 6 nitrogen and oxygen atoms in total. The monoisotopic (exact) mass is 339 g/mol. The highest BCUT2D eigenvalue weighted by Gasteiger charge is 2.26. The highest BCUT2D eigenvalue weighted by molar-refractivity contribution is 5.95. The van der Waals surface area contributed by atoms with Crippen molar-refractivity contribution in [3.8, 4) is 0 Å². The molecule has 6 heteroatoms. The van der Waals surface area contributed by atoms with Gasteiger partial charge in [0.1, 0.15) is 5.69 Å². The Labute approximate surface area is 146 Å². The number of amides is 1. The third-order valence-corrected chi connectivity index (χ3v) is 4.39. The Morgan fingerprint density at radius 3 is 2.64 bits per heavy atom. The van der Waals surface area contributed by atoms with Gasteiger partial charge in [-0.2, -0.15) is 0 Å². The Morgan fingerprint density at radius 1 is 1.28 bits per heavy atom. The van der Waals surface area contributed by atoms with E-state index in [0.29, 0.717) is 23.8 Å². The van der Waals surface area contributed by atoms with Crippen LogP contribution in [0.3, 0.4) is 0 Å². The number of rotatable bonds is 6. The lowest BCUT2D eigenvalue weighted by molar-refractivity contribution is -0.384. The van der Waals surface area contributed by atoms with Gasteiger partial charge in [0.05, 0.1) is 4.92 Å². The number of benzene rings is 2. The summed E-state index contributed by atoms with van der Waals surface area (Å²) in [5, 5.41) is 14.5. The largest absolute Gasteiger partial charge is 0.377 e. The first-order valence-corrected chi connectivity index (χ1v) is 8.30. The third-order valence-electron chi connectivity index (χ3n) is 4.39. The summed E-state index contributed by atoms with van der Waals surface area (Å²) in [4.78, 5) is 25.1.